The lowest BCUT2D eigenvalue weighted by Gasteiger charge is -2.24. The van der Waals surface area contributed by atoms with Crippen LogP contribution in [0.3, 0.4) is 0 Å². The lowest BCUT2D eigenvalue weighted by atomic mass is 9.99. The van der Waals surface area contributed by atoms with Crippen molar-refractivity contribution < 1.29 is 19.4 Å². The number of aryl methyl sites for hydroxylation is 2. The van der Waals surface area contributed by atoms with Gasteiger partial charge in [0.15, 0.2) is 11.5 Å². The molecule has 1 heterocycles. The Morgan fingerprint density at radius 1 is 1.28 bits per heavy atom. The number of benzene rings is 1. The molecule has 2 rings (SSSR count). The molecule has 0 aromatic heterocycles. The molecule has 0 fully saturated rings. The van der Waals surface area contributed by atoms with Gasteiger partial charge >= 0.3 is 5.97 Å². The summed E-state index contributed by atoms with van der Waals surface area (Å²) in [5, 5.41) is 8.67. The SMILES string of the molecule is Cc1cc(CCCC(=O)O)c2c(c1C)OCCO2. The summed E-state index contributed by atoms with van der Waals surface area (Å²) in [5.41, 5.74) is 3.31. The molecule has 1 N–H and O–H groups in total. The molecule has 0 unspecified atom stereocenters. The molecule has 1 aromatic rings. The van der Waals surface area contributed by atoms with Crippen molar-refractivity contribution in [3.05, 3.63) is 22.8 Å². The number of aliphatic carboxylic acids is 1. The minimum atomic E-state index is -0.759. The van der Waals surface area contributed by atoms with Crippen LogP contribution < -0.4 is 9.47 Å². The molecular weight excluding hydrogens is 232 g/mol. The molecule has 1 aromatic carbocycles. The van der Waals surface area contributed by atoms with Gasteiger partial charge < -0.3 is 14.6 Å². The van der Waals surface area contributed by atoms with Gasteiger partial charge in [0.25, 0.3) is 0 Å². The van der Waals surface area contributed by atoms with Crippen LogP contribution in [0, 0.1) is 13.8 Å². The van der Waals surface area contributed by atoms with E-state index in [9.17, 15) is 4.79 Å². The fourth-order valence-electron chi connectivity index (χ4n) is 2.17. The maximum atomic E-state index is 10.5. The highest BCUT2D eigenvalue weighted by Crippen LogP contribution is 2.39. The molecule has 0 aliphatic carbocycles. The predicted octanol–water partition coefficient (Wildman–Crippen LogP) is 2.48. The first-order valence-electron chi connectivity index (χ1n) is 6.20. The van der Waals surface area contributed by atoms with E-state index in [1.165, 1.54) is 0 Å². The Morgan fingerprint density at radius 3 is 2.61 bits per heavy atom. The van der Waals surface area contributed by atoms with E-state index in [1.807, 2.05) is 13.8 Å². The zero-order chi connectivity index (χ0) is 13.1. The highest BCUT2D eigenvalue weighted by atomic mass is 16.6. The Balaban J connectivity index is 2.24. The lowest BCUT2D eigenvalue weighted by molar-refractivity contribution is -0.137. The van der Waals surface area contributed by atoms with Crippen LogP contribution in [0.15, 0.2) is 6.07 Å². The molecule has 0 amide bonds. The van der Waals surface area contributed by atoms with Crippen LogP contribution in [0.4, 0.5) is 0 Å². The van der Waals surface area contributed by atoms with Crippen molar-refractivity contribution in [1.29, 1.82) is 0 Å². The standard InChI is InChI=1S/C14H18O4/c1-9-8-11(4-3-5-12(15)16)14-13(10(9)2)17-6-7-18-14/h8H,3-7H2,1-2H3,(H,15,16). The molecule has 1 aliphatic heterocycles. The van der Waals surface area contributed by atoms with Crippen molar-refractivity contribution in [2.45, 2.75) is 33.1 Å². The number of carboxylic acids is 1. The van der Waals surface area contributed by atoms with E-state index in [0.29, 0.717) is 26.1 Å². The number of carbonyl (C=O) groups is 1. The third kappa shape index (κ3) is 2.58. The molecule has 4 nitrogen and oxygen atoms in total. The molecule has 0 saturated carbocycles. The number of hydrogen-bond donors (Lipinski definition) is 1. The van der Waals surface area contributed by atoms with Crippen molar-refractivity contribution in [2.75, 3.05) is 13.2 Å². The smallest absolute Gasteiger partial charge is 0.303 e. The van der Waals surface area contributed by atoms with Crippen LogP contribution in [0.1, 0.15) is 29.5 Å². The Kier molecular flexibility index (Phi) is 3.75. The summed E-state index contributed by atoms with van der Waals surface area (Å²) in [6.07, 6.45) is 1.51. The summed E-state index contributed by atoms with van der Waals surface area (Å²) in [6.45, 7) is 5.19. The summed E-state index contributed by atoms with van der Waals surface area (Å²) < 4.78 is 11.3. The zero-order valence-corrected chi connectivity index (χ0v) is 10.8. The number of carboxylic acid groups (broad SMARTS) is 1. The minimum Gasteiger partial charge on any atom is -0.486 e. The molecule has 0 saturated heterocycles. The van der Waals surface area contributed by atoms with E-state index in [0.717, 1.165) is 28.2 Å². The normalized spacial score (nSPS) is 13.4. The van der Waals surface area contributed by atoms with Gasteiger partial charge in [-0.2, -0.15) is 0 Å². The van der Waals surface area contributed by atoms with Crippen LogP contribution in [-0.4, -0.2) is 24.3 Å². The van der Waals surface area contributed by atoms with Gasteiger partial charge in [0, 0.05) is 6.42 Å². The van der Waals surface area contributed by atoms with Crippen LogP contribution in [0.2, 0.25) is 0 Å². The van der Waals surface area contributed by atoms with Gasteiger partial charge in [-0.05, 0) is 43.4 Å². The van der Waals surface area contributed by atoms with E-state index in [2.05, 4.69) is 6.07 Å². The first-order chi connectivity index (χ1) is 8.59. The number of fused-ring (bicyclic) bond motifs is 1. The average Bonchev–Trinajstić information content (AvgIpc) is 2.35. The number of hydrogen-bond acceptors (Lipinski definition) is 3. The molecular formula is C14H18O4. The van der Waals surface area contributed by atoms with Crippen molar-refractivity contribution in [3.8, 4) is 11.5 Å². The number of ether oxygens (including phenoxy) is 2. The summed E-state index contributed by atoms with van der Waals surface area (Å²) in [5.74, 6) is 0.867. The van der Waals surface area contributed by atoms with Crippen molar-refractivity contribution in [3.63, 3.8) is 0 Å². The van der Waals surface area contributed by atoms with Crippen LogP contribution in [0.5, 0.6) is 11.5 Å². The Hall–Kier alpha value is -1.71. The van der Waals surface area contributed by atoms with Crippen molar-refractivity contribution in [2.24, 2.45) is 0 Å². The van der Waals surface area contributed by atoms with Gasteiger partial charge in [-0.1, -0.05) is 6.07 Å². The second kappa shape index (κ2) is 5.29. The third-order valence-electron chi connectivity index (χ3n) is 3.23. The summed E-state index contributed by atoms with van der Waals surface area (Å²) in [7, 11) is 0. The molecule has 4 heteroatoms. The second-order valence-corrected chi connectivity index (χ2v) is 4.58. The quantitative estimate of drug-likeness (QED) is 0.892. The van der Waals surface area contributed by atoms with E-state index >= 15 is 0 Å². The maximum absolute atomic E-state index is 10.5. The molecule has 0 bridgehead atoms. The van der Waals surface area contributed by atoms with Gasteiger partial charge in [0.2, 0.25) is 0 Å². The molecule has 0 spiro atoms. The fourth-order valence-corrected chi connectivity index (χ4v) is 2.17. The summed E-state index contributed by atoms with van der Waals surface area (Å²) in [6, 6.07) is 2.07. The first-order valence-corrected chi connectivity index (χ1v) is 6.20. The zero-order valence-electron chi connectivity index (χ0n) is 10.8. The minimum absolute atomic E-state index is 0.183. The molecule has 1 aliphatic rings. The summed E-state index contributed by atoms with van der Waals surface area (Å²) in [4.78, 5) is 10.5. The fraction of sp³-hybridized carbons (Fsp3) is 0.500. The largest absolute Gasteiger partial charge is 0.486 e. The monoisotopic (exact) mass is 250 g/mol. The van der Waals surface area contributed by atoms with E-state index in [1.54, 1.807) is 0 Å². The number of rotatable bonds is 4. The first kappa shape index (κ1) is 12.7. The van der Waals surface area contributed by atoms with Crippen molar-refractivity contribution >= 4 is 5.97 Å². The van der Waals surface area contributed by atoms with Crippen LogP contribution in [-0.2, 0) is 11.2 Å². The topological polar surface area (TPSA) is 55.8 Å². The molecule has 0 radical (unpaired) electrons. The van der Waals surface area contributed by atoms with Crippen LogP contribution in [0.25, 0.3) is 0 Å². The summed E-state index contributed by atoms with van der Waals surface area (Å²) >= 11 is 0. The van der Waals surface area contributed by atoms with Gasteiger partial charge in [0.05, 0.1) is 0 Å². The molecule has 18 heavy (non-hydrogen) atoms. The average molecular weight is 250 g/mol. The van der Waals surface area contributed by atoms with Crippen molar-refractivity contribution in [1.82, 2.24) is 0 Å². The van der Waals surface area contributed by atoms with Gasteiger partial charge in [0.1, 0.15) is 13.2 Å². The Labute approximate surface area is 107 Å². The Morgan fingerprint density at radius 2 is 1.94 bits per heavy atom. The van der Waals surface area contributed by atoms with Gasteiger partial charge in [-0.25, -0.2) is 0 Å². The highest BCUT2D eigenvalue weighted by molar-refractivity contribution is 5.66. The maximum Gasteiger partial charge on any atom is 0.303 e. The molecule has 98 valence electrons. The van der Waals surface area contributed by atoms with E-state index in [4.69, 9.17) is 14.6 Å². The van der Waals surface area contributed by atoms with Gasteiger partial charge in [-0.3, -0.25) is 4.79 Å². The van der Waals surface area contributed by atoms with Gasteiger partial charge in [-0.15, -0.1) is 0 Å². The van der Waals surface area contributed by atoms with E-state index < -0.39 is 5.97 Å². The molecule has 0 atom stereocenters. The van der Waals surface area contributed by atoms with E-state index in [-0.39, 0.29) is 6.42 Å². The second-order valence-electron chi connectivity index (χ2n) is 4.58. The van der Waals surface area contributed by atoms with Crippen LogP contribution >= 0.6 is 0 Å². The predicted molar refractivity (Wildman–Crippen MR) is 67.5 cm³/mol. The highest BCUT2D eigenvalue weighted by Gasteiger charge is 2.20. The Bertz CT molecular complexity index is 465. The lowest BCUT2D eigenvalue weighted by Crippen LogP contribution is -2.18. The third-order valence-corrected chi connectivity index (χ3v) is 3.23.